The molecule has 3 aromatic carbocycles. The Bertz CT molecular complexity index is 1620. The van der Waals surface area contributed by atoms with Crippen LogP contribution in [0.15, 0.2) is 85.1 Å². The highest BCUT2D eigenvalue weighted by molar-refractivity contribution is 7.89. The first kappa shape index (κ1) is 29.1. The summed E-state index contributed by atoms with van der Waals surface area (Å²) in [5, 5.41) is 8.27. The highest BCUT2D eigenvalue weighted by atomic mass is 32.2. The second-order valence-electron chi connectivity index (χ2n) is 8.89. The van der Waals surface area contributed by atoms with Gasteiger partial charge in [0.15, 0.2) is 9.84 Å². The van der Waals surface area contributed by atoms with Gasteiger partial charge in [-0.2, -0.15) is 4.98 Å². The minimum absolute atomic E-state index is 0.0768. The second-order valence-corrected chi connectivity index (χ2v) is 11.0. The number of alkyl halides is 3. The Morgan fingerprint density at radius 3 is 2.17 bits per heavy atom. The second kappa shape index (κ2) is 12.1. The number of hydrogen-bond acceptors (Lipinski definition) is 8. The van der Waals surface area contributed by atoms with E-state index in [1.165, 1.54) is 18.4 Å². The third-order valence-corrected chi connectivity index (χ3v) is 6.31. The summed E-state index contributed by atoms with van der Waals surface area (Å²) in [6.07, 6.45) is -2.03. The first-order chi connectivity index (χ1) is 19.3. The van der Waals surface area contributed by atoms with Gasteiger partial charge in [0, 0.05) is 42.2 Å². The molecule has 0 aliphatic carbocycles. The predicted octanol–water partition coefficient (Wildman–Crippen LogP) is 6.08. The Labute approximate surface area is 234 Å². The van der Waals surface area contributed by atoms with Gasteiger partial charge in [0.25, 0.3) is 0 Å². The molecule has 0 fully saturated rings. The maximum Gasteiger partial charge on any atom is 0.573 e. The Morgan fingerprint density at radius 2 is 1.56 bits per heavy atom. The molecule has 0 saturated heterocycles. The number of nitrogens with zero attached hydrogens (tertiary/aromatic N) is 3. The van der Waals surface area contributed by atoms with E-state index < -0.39 is 28.0 Å². The summed E-state index contributed by atoms with van der Waals surface area (Å²) in [4.78, 5) is 22.9. The number of urea groups is 1. The summed E-state index contributed by atoms with van der Waals surface area (Å²) in [5.74, 6) is 0.422. The van der Waals surface area contributed by atoms with Crippen molar-refractivity contribution in [2.75, 3.05) is 34.2 Å². The lowest BCUT2D eigenvalue weighted by Gasteiger charge is -2.19. The summed E-state index contributed by atoms with van der Waals surface area (Å²) in [5.41, 5.74) is 2.81. The zero-order valence-corrected chi connectivity index (χ0v) is 22.6. The Balaban J connectivity index is 1.36. The lowest BCUT2D eigenvalue weighted by molar-refractivity contribution is -0.274. The van der Waals surface area contributed by atoms with Crippen molar-refractivity contribution in [3.8, 4) is 5.75 Å². The van der Waals surface area contributed by atoms with Gasteiger partial charge >= 0.3 is 12.4 Å². The van der Waals surface area contributed by atoms with Crippen LogP contribution < -0.4 is 25.6 Å². The molecule has 0 bridgehead atoms. The van der Waals surface area contributed by atoms with Crippen molar-refractivity contribution in [2.45, 2.75) is 12.1 Å². The van der Waals surface area contributed by atoms with E-state index in [9.17, 15) is 26.4 Å². The van der Waals surface area contributed by atoms with Gasteiger partial charge in [-0.25, -0.2) is 18.2 Å². The maximum absolute atomic E-state index is 12.3. The van der Waals surface area contributed by atoms with Crippen molar-refractivity contribution in [2.24, 2.45) is 0 Å². The number of nitrogens with one attached hydrogen (secondary N) is 3. The van der Waals surface area contributed by atoms with Gasteiger partial charge in [0.1, 0.15) is 11.6 Å². The standard InChI is InChI=1S/C27H25F3N6O4S/c1-36(24-14-15-31-25(35-24)32-21-5-3-4-18(16-21)17-41(2,38)39)22-10-6-19(7-11-22)33-26(37)34-20-8-12-23(13-9-20)40-27(28,29)30/h3-16H,17H2,1-2H3,(H,31,32,35)(H2,33,34,37). The van der Waals surface area contributed by atoms with Crippen molar-refractivity contribution in [1.82, 2.24) is 9.97 Å². The summed E-state index contributed by atoms with van der Waals surface area (Å²) in [6, 6.07) is 19.8. The van der Waals surface area contributed by atoms with Crippen LogP contribution in [0.5, 0.6) is 5.75 Å². The number of amides is 2. The van der Waals surface area contributed by atoms with Gasteiger partial charge in [-0.05, 0) is 72.3 Å². The molecule has 4 rings (SSSR count). The van der Waals surface area contributed by atoms with E-state index in [1.807, 2.05) is 0 Å². The Morgan fingerprint density at radius 1 is 0.927 bits per heavy atom. The highest BCUT2D eigenvalue weighted by Crippen LogP contribution is 2.26. The maximum atomic E-state index is 12.3. The summed E-state index contributed by atoms with van der Waals surface area (Å²) in [7, 11) is -1.37. The molecule has 0 spiro atoms. The van der Waals surface area contributed by atoms with Crippen molar-refractivity contribution < 1.29 is 31.1 Å². The quantitative estimate of drug-likeness (QED) is 0.216. The predicted molar refractivity (Wildman–Crippen MR) is 151 cm³/mol. The number of carbonyl (C=O) groups excluding carboxylic acids is 1. The minimum atomic E-state index is -4.80. The minimum Gasteiger partial charge on any atom is -0.406 e. The smallest absolute Gasteiger partial charge is 0.406 e. The van der Waals surface area contributed by atoms with Crippen LogP contribution in [0.1, 0.15) is 5.56 Å². The Hall–Kier alpha value is -4.85. The van der Waals surface area contributed by atoms with Gasteiger partial charge in [-0.1, -0.05) is 12.1 Å². The number of rotatable bonds is 9. The van der Waals surface area contributed by atoms with Gasteiger partial charge in [0.2, 0.25) is 5.95 Å². The zero-order valence-electron chi connectivity index (χ0n) is 21.8. The number of halogens is 3. The third kappa shape index (κ3) is 9.10. The highest BCUT2D eigenvalue weighted by Gasteiger charge is 2.31. The lowest BCUT2D eigenvalue weighted by Crippen LogP contribution is -2.20. The van der Waals surface area contributed by atoms with Crippen LogP contribution in [0.4, 0.5) is 52.5 Å². The topological polar surface area (TPSA) is 126 Å². The average molecular weight is 587 g/mol. The van der Waals surface area contributed by atoms with E-state index >= 15 is 0 Å². The molecule has 0 aliphatic heterocycles. The van der Waals surface area contributed by atoms with Crippen molar-refractivity contribution in [3.05, 3.63) is 90.6 Å². The monoisotopic (exact) mass is 586 g/mol. The van der Waals surface area contributed by atoms with E-state index in [0.717, 1.165) is 17.8 Å². The fourth-order valence-corrected chi connectivity index (χ4v) is 4.49. The molecule has 3 N–H and O–H groups in total. The first-order valence-electron chi connectivity index (χ1n) is 12.0. The first-order valence-corrected chi connectivity index (χ1v) is 14.0. The molecule has 14 heteroatoms. The van der Waals surface area contributed by atoms with E-state index in [4.69, 9.17) is 0 Å². The molecule has 0 aliphatic rings. The molecule has 10 nitrogen and oxygen atoms in total. The summed E-state index contributed by atoms with van der Waals surface area (Å²) >= 11 is 0. The van der Waals surface area contributed by atoms with Gasteiger partial charge < -0.3 is 25.6 Å². The average Bonchev–Trinajstić information content (AvgIpc) is 2.88. The van der Waals surface area contributed by atoms with Crippen LogP contribution in [-0.2, 0) is 15.6 Å². The molecule has 0 unspecified atom stereocenters. The summed E-state index contributed by atoms with van der Waals surface area (Å²) < 4.78 is 63.9. The largest absolute Gasteiger partial charge is 0.573 e. The SMILES string of the molecule is CN(c1ccc(NC(=O)Nc2ccc(OC(F)(F)F)cc2)cc1)c1ccnc(Nc2cccc(CS(C)(=O)=O)c2)n1. The molecule has 2 amide bonds. The van der Waals surface area contributed by atoms with E-state index in [0.29, 0.717) is 28.7 Å². The molecule has 214 valence electrons. The number of benzene rings is 3. The molecule has 0 radical (unpaired) electrons. The normalized spacial score (nSPS) is 11.4. The van der Waals surface area contributed by atoms with Gasteiger partial charge in [-0.3, -0.25) is 0 Å². The zero-order chi connectivity index (χ0) is 29.6. The van der Waals surface area contributed by atoms with Gasteiger partial charge in [0.05, 0.1) is 5.75 Å². The van der Waals surface area contributed by atoms with Gasteiger partial charge in [-0.15, -0.1) is 13.2 Å². The molecule has 41 heavy (non-hydrogen) atoms. The number of aromatic nitrogens is 2. The number of anilines is 6. The Kier molecular flexibility index (Phi) is 8.62. The molecule has 4 aromatic rings. The number of hydrogen-bond donors (Lipinski definition) is 3. The van der Waals surface area contributed by atoms with Crippen molar-refractivity contribution >= 4 is 50.4 Å². The van der Waals surface area contributed by atoms with Crippen LogP contribution in [0, 0.1) is 0 Å². The van der Waals surface area contributed by atoms with E-state index in [2.05, 4.69) is 30.7 Å². The van der Waals surface area contributed by atoms with Crippen LogP contribution in [0.3, 0.4) is 0 Å². The van der Waals surface area contributed by atoms with E-state index in [1.54, 1.807) is 72.7 Å². The number of ether oxygens (including phenoxy) is 1. The van der Waals surface area contributed by atoms with Crippen LogP contribution in [0.25, 0.3) is 0 Å². The number of sulfone groups is 1. The lowest BCUT2D eigenvalue weighted by atomic mass is 10.2. The summed E-state index contributed by atoms with van der Waals surface area (Å²) in [6.45, 7) is 0. The van der Waals surface area contributed by atoms with Crippen molar-refractivity contribution in [1.29, 1.82) is 0 Å². The third-order valence-electron chi connectivity index (χ3n) is 5.45. The van der Waals surface area contributed by atoms with Crippen LogP contribution >= 0.6 is 0 Å². The molecule has 0 atom stereocenters. The fraction of sp³-hybridized carbons (Fsp3) is 0.148. The molecule has 1 heterocycles. The number of carbonyl (C=O) groups is 1. The molecular weight excluding hydrogens is 561 g/mol. The molecular formula is C27H25F3N6O4S. The van der Waals surface area contributed by atoms with Crippen LogP contribution in [0.2, 0.25) is 0 Å². The molecule has 0 saturated carbocycles. The van der Waals surface area contributed by atoms with E-state index in [-0.39, 0.29) is 11.4 Å². The van der Waals surface area contributed by atoms with Crippen LogP contribution in [-0.4, -0.2) is 44.1 Å². The fourth-order valence-electron chi connectivity index (χ4n) is 3.70. The van der Waals surface area contributed by atoms with Crippen molar-refractivity contribution in [3.63, 3.8) is 0 Å². The molecule has 1 aromatic heterocycles.